The first-order valence-corrected chi connectivity index (χ1v) is 7.42. The van der Waals surface area contributed by atoms with E-state index < -0.39 is 0 Å². The van der Waals surface area contributed by atoms with E-state index in [2.05, 4.69) is 30.1 Å². The van der Waals surface area contributed by atoms with Crippen LogP contribution in [0.5, 0.6) is 0 Å². The molecule has 2 N–H and O–H groups in total. The smallest absolute Gasteiger partial charge is 0.227 e. The normalized spacial score (nSPS) is 17.8. The molecular weight excluding hydrogens is 260 g/mol. The predicted octanol–water partition coefficient (Wildman–Crippen LogP) is 3.87. The van der Waals surface area contributed by atoms with Gasteiger partial charge in [-0.1, -0.05) is 30.3 Å². The van der Waals surface area contributed by atoms with Crippen molar-refractivity contribution in [1.29, 1.82) is 0 Å². The van der Waals surface area contributed by atoms with Gasteiger partial charge in [0.2, 0.25) is 5.89 Å². The number of hydrogen-bond donors (Lipinski definition) is 1. The maximum absolute atomic E-state index is 6.24. The molecule has 3 nitrogen and oxygen atoms in total. The van der Waals surface area contributed by atoms with E-state index in [1.807, 2.05) is 30.3 Å². The molecule has 0 saturated heterocycles. The van der Waals surface area contributed by atoms with E-state index in [-0.39, 0.29) is 11.5 Å². The van der Waals surface area contributed by atoms with E-state index in [1.165, 1.54) is 5.56 Å². The van der Waals surface area contributed by atoms with Crippen molar-refractivity contribution < 1.29 is 4.42 Å². The zero-order chi connectivity index (χ0) is 14.4. The van der Waals surface area contributed by atoms with Gasteiger partial charge in [-0.15, -0.1) is 0 Å². The van der Waals surface area contributed by atoms with Crippen molar-refractivity contribution >= 4 is 11.1 Å². The molecule has 4 rings (SSSR count). The molecule has 1 heterocycles. The van der Waals surface area contributed by atoms with E-state index in [9.17, 15) is 0 Å². The van der Waals surface area contributed by atoms with Crippen molar-refractivity contribution in [1.82, 2.24) is 4.98 Å². The lowest BCUT2D eigenvalue weighted by molar-refractivity contribution is 0.553. The summed E-state index contributed by atoms with van der Waals surface area (Å²) < 4.78 is 5.95. The molecule has 21 heavy (non-hydrogen) atoms. The van der Waals surface area contributed by atoms with Crippen LogP contribution in [-0.2, 0) is 5.41 Å². The van der Waals surface area contributed by atoms with E-state index in [1.54, 1.807) is 0 Å². The maximum Gasteiger partial charge on any atom is 0.227 e. The number of oxazole rings is 1. The second kappa shape index (κ2) is 4.43. The Bertz CT molecular complexity index is 767. The Morgan fingerprint density at radius 2 is 1.81 bits per heavy atom. The standard InChI is InChI=1S/C18H18N2O/c1-12(19)18(10-11-18)14-7-3-2-6-13(14)17-20-15-8-4-5-9-16(15)21-17/h2-9,12H,10-11,19H2,1H3. The summed E-state index contributed by atoms with van der Waals surface area (Å²) in [4.78, 5) is 4.64. The Kier molecular flexibility index (Phi) is 2.66. The molecule has 1 fully saturated rings. The van der Waals surface area contributed by atoms with Crippen molar-refractivity contribution in [3.05, 3.63) is 54.1 Å². The molecule has 1 unspecified atom stereocenters. The molecule has 0 aliphatic heterocycles. The number of benzene rings is 2. The minimum Gasteiger partial charge on any atom is -0.436 e. The number of aromatic nitrogens is 1. The number of fused-ring (bicyclic) bond motifs is 1. The SMILES string of the molecule is CC(N)C1(c2ccccc2-c2nc3ccccc3o2)CC1. The molecule has 3 heteroatoms. The van der Waals surface area contributed by atoms with Crippen molar-refractivity contribution in [2.75, 3.05) is 0 Å². The van der Waals surface area contributed by atoms with Gasteiger partial charge >= 0.3 is 0 Å². The summed E-state index contributed by atoms with van der Waals surface area (Å²) in [6, 6.07) is 16.4. The van der Waals surface area contributed by atoms with Crippen molar-refractivity contribution in [3.8, 4) is 11.5 Å². The molecule has 0 bridgehead atoms. The second-order valence-corrected chi connectivity index (χ2v) is 5.98. The van der Waals surface area contributed by atoms with Gasteiger partial charge in [0.25, 0.3) is 0 Å². The molecule has 1 saturated carbocycles. The summed E-state index contributed by atoms with van der Waals surface area (Å²) in [5.41, 5.74) is 10.4. The number of nitrogens with zero attached hydrogens (tertiary/aromatic N) is 1. The van der Waals surface area contributed by atoms with E-state index in [0.717, 1.165) is 29.5 Å². The molecule has 0 spiro atoms. The highest BCUT2D eigenvalue weighted by molar-refractivity contribution is 5.77. The third-order valence-electron chi connectivity index (χ3n) is 4.65. The summed E-state index contributed by atoms with van der Waals surface area (Å²) in [5.74, 6) is 0.693. The third-order valence-corrected chi connectivity index (χ3v) is 4.65. The second-order valence-electron chi connectivity index (χ2n) is 5.98. The fourth-order valence-corrected chi connectivity index (χ4v) is 3.20. The van der Waals surface area contributed by atoms with Gasteiger partial charge in [0.1, 0.15) is 5.52 Å². The number of para-hydroxylation sites is 2. The molecule has 1 aliphatic rings. The highest BCUT2D eigenvalue weighted by atomic mass is 16.3. The lowest BCUT2D eigenvalue weighted by Gasteiger charge is -2.22. The molecule has 0 radical (unpaired) electrons. The van der Waals surface area contributed by atoms with Crippen LogP contribution >= 0.6 is 0 Å². The molecule has 1 atom stereocenters. The summed E-state index contributed by atoms with van der Waals surface area (Å²) >= 11 is 0. The largest absolute Gasteiger partial charge is 0.436 e. The molecule has 0 amide bonds. The monoisotopic (exact) mass is 278 g/mol. The van der Waals surface area contributed by atoms with Crippen LogP contribution in [0, 0.1) is 0 Å². The third kappa shape index (κ3) is 1.88. The average Bonchev–Trinajstić information content (AvgIpc) is 3.21. The Morgan fingerprint density at radius 3 is 2.52 bits per heavy atom. The first-order valence-electron chi connectivity index (χ1n) is 7.42. The first-order chi connectivity index (χ1) is 10.2. The van der Waals surface area contributed by atoms with Crippen LogP contribution in [-0.4, -0.2) is 11.0 Å². The zero-order valence-electron chi connectivity index (χ0n) is 12.0. The fraction of sp³-hybridized carbons (Fsp3) is 0.278. The number of nitrogens with two attached hydrogens (primary N) is 1. The van der Waals surface area contributed by atoms with Crippen LogP contribution < -0.4 is 5.73 Å². The Morgan fingerprint density at radius 1 is 1.10 bits per heavy atom. The van der Waals surface area contributed by atoms with Crippen molar-refractivity contribution in [3.63, 3.8) is 0 Å². The van der Waals surface area contributed by atoms with E-state index >= 15 is 0 Å². The maximum atomic E-state index is 6.24. The summed E-state index contributed by atoms with van der Waals surface area (Å²) in [6.07, 6.45) is 2.28. The minimum atomic E-state index is 0.0945. The molecule has 3 aromatic rings. The van der Waals surface area contributed by atoms with Gasteiger partial charge in [0, 0.05) is 17.0 Å². The van der Waals surface area contributed by atoms with Crippen LogP contribution in [0.2, 0.25) is 0 Å². The Hall–Kier alpha value is -2.13. The van der Waals surface area contributed by atoms with Crippen LogP contribution in [0.4, 0.5) is 0 Å². The molecule has 1 aliphatic carbocycles. The summed E-state index contributed by atoms with van der Waals surface area (Å²) in [5, 5.41) is 0. The van der Waals surface area contributed by atoms with E-state index in [4.69, 9.17) is 10.2 Å². The highest BCUT2D eigenvalue weighted by Crippen LogP contribution is 2.52. The van der Waals surface area contributed by atoms with Crippen LogP contribution in [0.1, 0.15) is 25.3 Å². The summed E-state index contributed by atoms with van der Waals surface area (Å²) in [6.45, 7) is 2.09. The van der Waals surface area contributed by atoms with Gasteiger partial charge < -0.3 is 10.2 Å². The number of rotatable bonds is 3. The van der Waals surface area contributed by atoms with Crippen LogP contribution in [0.15, 0.2) is 52.9 Å². The lowest BCUT2D eigenvalue weighted by atomic mass is 9.86. The fourth-order valence-electron chi connectivity index (χ4n) is 3.20. The average molecular weight is 278 g/mol. The van der Waals surface area contributed by atoms with Gasteiger partial charge in [-0.25, -0.2) is 4.98 Å². The van der Waals surface area contributed by atoms with Gasteiger partial charge in [-0.2, -0.15) is 0 Å². The van der Waals surface area contributed by atoms with E-state index in [0.29, 0.717) is 5.89 Å². The molecule has 1 aromatic heterocycles. The van der Waals surface area contributed by atoms with Gasteiger partial charge in [0.15, 0.2) is 5.58 Å². The lowest BCUT2D eigenvalue weighted by Crippen LogP contribution is -2.32. The Balaban J connectivity index is 1.89. The zero-order valence-corrected chi connectivity index (χ0v) is 12.0. The first kappa shape index (κ1) is 12.6. The minimum absolute atomic E-state index is 0.0945. The van der Waals surface area contributed by atoms with Gasteiger partial charge in [-0.3, -0.25) is 0 Å². The Labute approximate surface area is 123 Å². The molecular formula is C18H18N2O. The number of hydrogen-bond acceptors (Lipinski definition) is 3. The van der Waals surface area contributed by atoms with Crippen molar-refractivity contribution in [2.45, 2.75) is 31.2 Å². The molecule has 2 aromatic carbocycles. The van der Waals surface area contributed by atoms with Crippen LogP contribution in [0.25, 0.3) is 22.6 Å². The molecule has 106 valence electrons. The quantitative estimate of drug-likeness (QED) is 0.791. The van der Waals surface area contributed by atoms with Crippen LogP contribution in [0.3, 0.4) is 0 Å². The predicted molar refractivity (Wildman–Crippen MR) is 84.0 cm³/mol. The topological polar surface area (TPSA) is 52.0 Å². The summed E-state index contributed by atoms with van der Waals surface area (Å²) in [7, 11) is 0. The van der Waals surface area contributed by atoms with Crippen molar-refractivity contribution in [2.24, 2.45) is 5.73 Å². The van der Waals surface area contributed by atoms with Gasteiger partial charge in [0.05, 0.1) is 0 Å². The van der Waals surface area contributed by atoms with Gasteiger partial charge in [-0.05, 0) is 43.5 Å². The highest BCUT2D eigenvalue weighted by Gasteiger charge is 2.48.